The molecule has 0 unspecified atom stereocenters. The predicted molar refractivity (Wildman–Crippen MR) is 130 cm³/mol. The summed E-state index contributed by atoms with van der Waals surface area (Å²) in [4.78, 5) is 14.9. The highest BCUT2D eigenvalue weighted by Gasteiger charge is 2.59. The standard InChI is InChI=1S/C29H47NO2/c1-19-13-16-30(18-19)27(32)10-5-20(2)24-8-9-25-23-7-6-21-17-22(31)11-14-28(21,3)26(23)12-15-29(24,25)4/h6,19-20,22-26,31H,5,7-18H2,1-4H3/t19-,20-,22+,23+,24-,25+,26+,28+,29-/m1/s1. The highest BCUT2D eigenvalue weighted by atomic mass is 16.3. The zero-order valence-corrected chi connectivity index (χ0v) is 21.1. The van der Waals surface area contributed by atoms with Crippen LogP contribution in [0.1, 0.15) is 98.3 Å². The molecular weight excluding hydrogens is 394 g/mol. The van der Waals surface area contributed by atoms with E-state index in [1.807, 2.05) is 0 Å². The van der Waals surface area contributed by atoms with E-state index in [4.69, 9.17) is 0 Å². The van der Waals surface area contributed by atoms with Gasteiger partial charge < -0.3 is 10.0 Å². The maximum absolute atomic E-state index is 12.8. The fraction of sp³-hybridized carbons (Fsp3) is 0.897. The number of carbonyl (C=O) groups is 1. The quantitative estimate of drug-likeness (QED) is 0.527. The lowest BCUT2D eigenvalue weighted by molar-refractivity contribution is -0.130. The van der Waals surface area contributed by atoms with Crippen molar-refractivity contribution in [3.05, 3.63) is 11.6 Å². The minimum absolute atomic E-state index is 0.108. The maximum atomic E-state index is 12.8. The van der Waals surface area contributed by atoms with Crippen molar-refractivity contribution in [3.8, 4) is 0 Å². The number of nitrogens with zero attached hydrogens (tertiary/aromatic N) is 1. The van der Waals surface area contributed by atoms with Crippen LogP contribution in [-0.4, -0.2) is 35.1 Å². The molecule has 1 heterocycles. The van der Waals surface area contributed by atoms with Gasteiger partial charge in [0.15, 0.2) is 0 Å². The molecule has 1 N–H and O–H groups in total. The van der Waals surface area contributed by atoms with Crippen molar-refractivity contribution in [2.24, 2.45) is 46.3 Å². The number of carbonyl (C=O) groups excluding carboxylic acids is 1. The van der Waals surface area contributed by atoms with E-state index in [1.165, 1.54) is 44.9 Å². The number of likely N-dealkylation sites (tertiary alicyclic amines) is 1. The van der Waals surface area contributed by atoms with Crippen molar-refractivity contribution in [1.82, 2.24) is 4.90 Å². The lowest BCUT2D eigenvalue weighted by atomic mass is 9.47. The Morgan fingerprint density at radius 2 is 1.97 bits per heavy atom. The van der Waals surface area contributed by atoms with Crippen molar-refractivity contribution >= 4 is 5.91 Å². The van der Waals surface area contributed by atoms with Gasteiger partial charge in [-0.1, -0.05) is 39.3 Å². The summed E-state index contributed by atoms with van der Waals surface area (Å²) >= 11 is 0. The predicted octanol–water partition coefficient (Wildman–Crippen LogP) is 6.21. The lowest BCUT2D eigenvalue weighted by Gasteiger charge is -2.58. The van der Waals surface area contributed by atoms with Crippen LogP contribution in [0.15, 0.2) is 11.6 Å². The summed E-state index contributed by atoms with van der Waals surface area (Å²) in [7, 11) is 0. The minimum atomic E-state index is -0.108. The Bertz CT molecular complexity index is 760. The van der Waals surface area contributed by atoms with E-state index in [-0.39, 0.29) is 6.10 Å². The van der Waals surface area contributed by atoms with Crippen LogP contribution >= 0.6 is 0 Å². The van der Waals surface area contributed by atoms with E-state index in [2.05, 4.69) is 38.7 Å². The summed E-state index contributed by atoms with van der Waals surface area (Å²) in [6.45, 7) is 11.8. The van der Waals surface area contributed by atoms with Gasteiger partial charge in [0.25, 0.3) is 0 Å². The molecule has 4 fully saturated rings. The molecule has 0 aromatic rings. The van der Waals surface area contributed by atoms with E-state index < -0.39 is 0 Å². The van der Waals surface area contributed by atoms with Crippen LogP contribution in [0.3, 0.4) is 0 Å². The zero-order chi connectivity index (χ0) is 22.7. The molecule has 3 heteroatoms. The third-order valence-electron chi connectivity index (χ3n) is 11.4. The first-order chi connectivity index (χ1) is 15.2. The molecular formula is C29H47NO2. The molecule has 1 amide bonds. The number of allylic oxidation sites excluding steroid dienone is 1. The van der Waals surface area contributed by atoms with E-state index in [0.717, 1.165) is 62.4 Å². The molecule has 0 spiro atoms. The number of aliphatic hydroxyl groups excluding tert-OH is 1. The van der Waals surface area contributed by atoms with E-state index >= 15 is 0 Å². The first-order valence-corrected chi connectivity index (χ1v) is 13.9. The first-order valence-electron chi connectivity index (χ1n) is 13.9. The molecule has 0 aromatic carbocycles. The summed E-state index contributed by atoms with van der Waals surface area (Å²) in [5.41, 5.74) is 2.38. The Morgan fingerprint density at radius 1 is 1.16 bits per heavy atom. The first kappa shape index (κ1) is 22.9. The number of fused-ring (bicyclic) bond motifs is 5. The van der Waals surface area contributed by atoms with Crippen LogP contribution in [0.2, 0.25) is 0 Å². The molecule has 0 bridgehead atoms. The Morgan fingerprint density at radius 3 is 2.72 bits per heavy atom. The van der Waals surface area contributed by atoms with Gasteiger partial charge in [0.05, 0.1) is 6.10 Å². The molecule has 3 saturated carbocycles. The van der Waals surface area contributed by atoms with E-state index in [1.54, 1.807) is 5.57 Å². The van der Waals surface area contributed by atoms with Gasteiger partial charge in [-0.15, -0.1) is 0 Å². The third kappa shape index (κ3) is 3.69. The highest BCUT2D eigenvalue weighted by Crippen LogP contribution is 2.67. The van der Waals surface area contributed by atoms with Gasteiger partial charge in [-0.2, -0.15) is 0 Å². The van der Waals surface area contributed by atoms with Crippen LogP contribution in [0.5, 0.6) is 0 Å². The summed E-state index contributed by atoms with van der Waals surface area (Å²) in [5, 5.41) is 10.2. The van der Waals surface area contributed by atoms with Crippen LogP contribution < -0.4 is 0 Å². The second-order valence-corrected chi connectivity index (χ2v) is 13.1. The molecule has 3 nitrogen and oxygen atoms in total. The smallest absolute Gasteiger partial charge is 0.222 e. The average Bonchev–Trinajstić information content (AvgIpc) is 3.35. The van der Waals surface area contributed by atoms with Crippen molar-refractivity contribution < 1.29 is 9.90 Å². The molecule has 180 valence electrons. The molecule has 9 atom stereocenters. The topological polar surface area (TPSA) is 40.5 Å². The summed E-state index contributed by atoms with van der Waals surface area (Å²) in [6, 6.07) is 0. The number of rotatable bonds is 4. The Balaban J connectivity index is 1.25. The van der Waals surface area contributed by atoms with Gasteiger partial charge in [0, 0.05) is 19.5 Å². The molecule has 4 aliphatic carbocycles. The van der Waals surface area contributed by atoms with Crippen molar-refractivity contribution in [2.45, 2.75) is 104 Å². The Labute approximate surface area is 196 Å². The fourth-order valence-corrected chi connectivity index (χ4v) is 9.49. The summed E-state index contributed by atoms with van der Waals surface area (Å²) in [6.07, 6.45) is 15.3. The van der Waals surface area contributed by atoms with Crippen molar-refractivity contribution in [1.29, 1.82) is 0 Å². The lowest BCUT2D eigenvalue weighted by Crippen LogP contribution is -2.50. The number of hydrogen-bond acceptors (Lipinski definition) is 2. The van der Waals surface area contributed by atoms with Gasteiger partial charge in [0.2, 0.25) is 5.91 Å². The average molecular weight is 442 g/mol. The zero-order valence-electron chi connectivity index (χ0n) is 21.1. The Kier molecular flexibility index (Phi) is 6.05. The van der Waals surface area contributed by atoms with Crippen molar-refractivity contribution in [2.75, 3.05) is 13.1 Å². The second kappa shape index (κ2) is 8.43. The molecule has 5 rings (SSSR count). The van der Waals surface area contributed by atoms with Crippen LogP contribution in [0, 0.1) is 46.3 Å². The molecule has 32 heavy (non-hydrogen) atoms. The van der Waals surface area contributed by atoms with E-state index in [0.29, 0.717) is 28.6 Å². The summed E-state index contributed by atoms with van der Waals surface area (Å²) < 4.78 is 0. The number of hydrogen-bond donors (Lipinski definition) is 1. The van der Waals surface area contributed by atoms with Gasteiger partial charge in [-0.05, 0) is 111 Å². The maximum Gasteiger partial charge on any atom is 0.222 e. The van der Waals surface area contributed by atoms with E-state index in [9.17, 15) is 9.90 Å². The molecule has 0 aromatic heterocycles. The summed E-state index contributed by atoms with van der Waals surface area (Å²) in [5.74, 6) is 5.03. The molecule has 5 aliphatic rings. The molecule has 0 radical (unpaired) electrons. The normalized spacial score (nSPS) is 46.8. The SMILES string of the molecule is C[C@@H]1CCN(C(=O)CC[C@@H](C)[C@H]2CC[C@H]3[C@@H]4CC=C5C[C@@H](O)CC[C@]5(C)[C@H]4CC[C@]23C)C1. The minimum Gasteiger partial charge on any atom is -0.393 e. The second-order valence-electron chi connectivity index (χ2n) is 13.1. The Hall–Kier alpha value is -0.830. The fourth-order valence-electron chi connectivity index (χ4n) is 9.49. The highest BCUT2D eigenvalue weighted by molar-refractivity contribution is 5.76. The van der Waals surface area contributed by atoms with Gasteiger partial charge >= 0.3 is 0 Å². The van der Waals surface area contributed by atoms with Gasteiger partial charge in [-0.25, -0.2) is 0 Å². The van der Waals surface area contributed by atoms with Gasteiger partial charge in [-0.3, -0.25) is 4.79 Å². The monoisotopic (exact) mass is 441 g/mol. The molecule has 1 aliphatic heterocycles. The molecule has 1 saturated heterocycles. The van der Waals surface area contributed by atoms with Crippen LogP contribution in [-0.2, 0) is 4.79 Å². The number of amides is 1. The van der Waals surface area contributed by atoms with Crippen LogP contribution in [0.4, 0.5) is 0 Å². The van der Waals surface area contributed by atoms with Crippen LogP contribution in [0.25, 0.3) is 0 Å². The largest absolute Gasteiger partial charge is 0.393 e. The number of aliphatic hydroxyl groups is 1. The third-order valence-corrected chi connectivity index (χ3v) is 11.4. The van der Waals surface area contributed by atoms with Crippen molar-refractivity contribution in [3.63, 3.8) is 0 Å². The van der Waals surface area contributed by atoms with Gasteiger partial charge in [0.1, 0.15) is 0 Å².